The van der Waals surface area contributed by atoms with Crippen molar-refractivity contribution < 1.29 is 5.11 Å². The second kappa shape index (κ2) is 5.78. The van der Waals surface area contributed by atoms with Crippen LogP contribution in [-0.2, 0) is 0 Å². The average Bonchev–Trinajstić information content (AvgIpc) is 2.17. The van der Waals surface area contributed by atoms with E-state index < -0.39 is 0 Å². The van der Waals surface area contributed by atoms with Crippen molar-refractivity contribution in [1.82, 2.24) is 9.97 Å². The van der Waals surface area contributed by atoms with Crippen LogP contribution >= 0.6 is 11.6 Å². The summed E-state index contributed by atoms with van der Waals surface area (Å²) in [5.74, 6) is 0.566. The van der Waals surface area contributed by atoms with Gasteiger partial charge in [-0.05, 0) is 6.42 Å². The quantitative estimate of drug-likeness (QED) is 0.785. The maximum atomic E-state index is 9.45. The Kier molecular flexibility index (Phi) is 4.62. The molecule has 0 aromatic carbocycles. The summed E-state index contributed by atoms with van der Waals surface area (Å²) in [6.45, 7) is 2.49. The predicted octanol–water partition coefficient (Wildman–Crippen LogP) is 1.70. The first kappa shape index (κ1) is 11.2. The number of hydrogen-bond acceptors (Lipinski definition) is 4. The number of aromatic nitrogens is 2. The fourth-order valence-electron chi connectivity index (χ4n) is 1.09. The minimum absolute atomic E-state index is 0.356. The normalized spacial score (nSPS) is 12.5. The van der Waals surface area contributed by atoms with Crippen molar-refractivity contribution >= 4 is 17.4 Å². The molecule has 1 heterocycles. The summed E-state index contributed by atoms with van der Waals surface area (Å²) < 4.78 is 0. The van der Waals surface area contributed by atoms with E-state index in [4.69, 9.17) is 11.6 Å². The standard InChI is InChI=1S/C9H14ClN3O/c1-2-3-7(14)4-12-9-8(10)5-11-6-13-9/h5-7,14H,2-4H2,1H3,(H,11,12,13). The van der Waals surface area contributed by atoms with E-state index in [-0.39, 0.29) is 6.10 Å². The van der Waals surface area contributed by atoms with E-state index in [1.807, 2.05) is 6.92 Å². The molecule has 0 aliphatic carbocycles. The highest BCUT2D eigenvalue weighted by Crippen LogP contribution is 2.15. The smallest absolute Gasteiger partial charge is 0.148 e. The van der Waals surface area contributed by atoms with Gasteiger partial charge in [-0.15, -0.1) is 0 Å². The van der Waals surface area contributed by atoms with Crippen molar-refractivity contribution in [2.45, 2.75) is 25.9 Å². The van der Waals surface area contributed by atoms with Gasteiger partial charge in [0.05, 0.1) is 12.3 Å². The van der Waals surface area contributed by atoms with Crippen molar-refractivity contribution in [3.8, 4) is 0 Å². The Bertz CT molecular complexity index is 283. The first-order valence-corrected chi connectivity index (χ1v) is 4.99. The molecule has 4 nitrogen and oxygen atoms in total. The zero-order chi connectivity index (χ0) is 10.4. The van der Waals surface area contributed by atoms with Crippen molar-refractivity contribution in [3.05, 3.63) is 17.5 Å². The van der Waals surface area contributed by atoms with E-state index in [1.165, 1.54) is 12.5 Å². The molecule has 1 aromatic rings. The van der Waals surface area contributed by atoms with Crippen LogP contribution in [0.15, 0.2) is 12.5 Å². The average molecular weight is 216 g/mol. The van der Waals surface area contributed by atoms with Crippen LogP contribution in [0.3, 0.4) is 0 Å². The number of hydrogen-bond donors (Lipinski definition) is 2. The van der Waals surface area contributed by atoms with Gasteiger partial charge in [0.25, 0.3) is 0 Å². The lowest BCUT2D eigenvalue weighted by Gasteiger charge is -2.11. The van der Waals surface area contributed by atoms with Gasteiger partial charge in [0.15, 0.2) is 0 Å². The van der Waals surface area contributed by atoms with E-state index in [0.29, 0.717) is 17.4 Å². The van der Waals surface area contributed by atoms with Crippen LogP contribution in [0.5, 0.6) is 0 Å². The van der Waals surface area contributed by atoms with Crippen molar-refractivity contribution in [3.63, 3.8) is 0 Å². The molecule has 0 aliphatic heterocycles. The lowest BCUT2D eigenvalue weighted by molar-refractivity contribution is 0.176. The van der Waals surface area contributed by atoms with Gasteiger partial charge in [0, 0.05) is 6.54 Å². The van der Waals surface area contributed by atoms with Gasteiger partial charge in [-0.2, -0.15) is 0 Å². The summed E-state index contributed by atoms with van der Waals surface area (Å²) in [7, 11) is 0. The molecule has 0 spiro atoms. The maximum Gasteiger partial charge on any atom is 0.148 e. The highest BCUT2D eigenvalue weighted by atomic mass is 35.5. The van der Waals surface area contributed by atoms with Gasteiger partial charge in [-0.1, -0.05) is 24.9 Å². The number of aliphatic hydroxyl groups excluding tert-OH is 1. The molecule has 1 aromatic heterocycles. The van der Waals surface area contributed by atoms with Crippen molar-refractivity contribution in [2.24, 2.45) is 0 Å². The maximum absolute atomic E-state index is 9.45. The fourth-order valence-corrected chi connectivity index (χ4v) is 1.26. The summed E-state index contributed by atoms with van der Waals surface area (Å²) in [4.78, 5) is 7.71. The van der Waals surface area contributed by atoms with Gasteiger partial charge >= 0.3 is 0 Å². The summed E-state index contributed by atoms with van der Waals surface area (Å²) in [5, 5.41) is 12.9. The zero-order valence-corrected chi connectivity index (χ0v) is 8.83. The van der Waals surface area contributed by atoms with Gasteiger partial charge in [-0.3, -0.25) is 0 Å². The molecule has 0 bridgehead atoms. The van der Waals surface area contributed by atoms with Crippen molar-refractivity contribution in [1.29, 1.82) is 0 Å². The van der Waals surface area contributed by atoms with E-state index in [2.05, 4.69) is 15.3 Å². The molecule has 78 valence electrons. The van der Waals surface area contributed by atoms with E-state index in [1.54, 1.807) is 0 Å². The Balaban J connectivity index is 2.41. The lowest BCUT2D eigenvalue weighted by Crippen LogP contribution is -2.19. The Labute approximate surface area is 88.3 Å². The first-order chi connectivity index (χ1) is 6.74. The van der Waals surface area contributed by atoms with Crippen LogP contribution in [0.4, 0.5) is 5.82 Å². The third kappa shape index (κ3) is 3.47. The minimum Gasteiger partial charge on any atom is -0.391 e. The van der Waals surface area contributed by atoms with Crippen LogP contribution in [0.25, 0.3) is 0 Å². The highest BCUT2D eigenvalue weighted by Gasteiger charge is 2.04. The molecular formula is C9H14ClN3O. The van der Waals surface area contributed by atoms with Gasteiger partial charge in [0.2, 0.25) is 0 Å². The van der Waals surface area contributed by atoms with Crippen LogP contribution in [-0.4, -0.2) is 27.7 Å². The second-order valence-electron chi connectivity index (χ2n) is 3.04. The summed E-state index contributed by atoms with van der Waals surface area (Å²) in [5.41, 5.74) is 0. The third-order valence-corrected chi connectivity index (χ3v) is 2.07. The van der Waals surface area contributed by atoms with Crippen LogP contribution in [0.2, 0.25) is 5.02 Å². The Morgan fingerprint density at radius 3 is 3.07 bits per heavy atom. The SMILES string of the molecule is CCCC(O)CNc1ncncc1Cl. The van der Waals surface area contributed by atoms with E-state index >= 15 is 0 Å². The first-order valence-electron chi connectivity index (χ1n) is 4.61. The number of halogens is 1. The van der Waals surface area contributed by atoms with Crippen LogP contribution in [0, 0.1) is 0 Å². The number of aliphatic hydroxyl groups is 1. The lowest BCUT2D eigenvalue weighted by atomic mass is 10.2. The van der Waals surface area contributed by atoms with Gasteiger partial charge < -0.3 is 10.4 Å². The second-order valence-corrected chi connectivity index (χ2v) is 3.45. The molecule has 0 radical (unpaired) electrons. The number of anilines is 1. The molecule has 0 saturated carbocycles. The summed E-state index contributed by atoms with van der Waals surface area (Å²) in [6, 6.07) is 0. The molecule has 14 heavy (non-hydrogen) atoms. The molecule has 2 N–H and O–H groups in total. The third-order valence-electron chi connectivity index (χ3n) is 1.79. The number of rotatable bonds is 5. The molecule has 1 unspecified atom stereocenters. The molecule has 0 fully saturated rings. The van der Waals surface area contributed by atoms with Crippen molar-refractivity contribution in [2.75, 3.05) is 11.9 Å². The topological polar surface area (TPSA) is 58.0 Å². The van der Waals surface area contributed by atoms with Gasteiger partial charge in [-0.25, -0.2) is 9.97 Å². The Hall–Kier alpha value is -0.870. The summed E-state index contributed by atoms with van der Waals surface area (Å²) in [6.07, 6.45) is 4.31. The largest absolute Gasteiger partial charge is 0.391 e. The molecule has 5 heteroatoms. The van der Waals surface area contributed by atoms with Crippen LogP contribution < -0.4 is 5.32 Å². The molecular weight excluding hydrogens is 202 g/mol. The van der Waals surface area contributed by atoms with Gasteiger partial charge in [0.1, 0.15) is 17.2 Å². The molecule has 0 saturated heterocycles. The van der Waals surface area contributed by atoms with Crippen LogP contribution in [0.1, 0.15) is 19.8 Å². The molecule has 0 amide bonds. The Morgan fingerprint density at radius 1 is 1.64 bits per heavy atom. The van der Waals surface area contributed by atoms with E-state index in [0.717, 1.165) is 12.8 Å². The predicted molar refractivity (Wildman–Crippen MR) is 56.4 cm³/mol. The molecule has 1 rings (SSSR count). The molecule has 0 aliphatic rings. The van der Waals surface area contributed by atoms with E-state index in [9.17, 15) is 5.11 Å². The monoisotopic (exact) mass is 215 g/mol. The number of nitrogens with zero attached hydrogens (tertiary/aromatic N) is 2. The fraction of sp³-hybridized carbons (Fsp3) is 0.556. The zero-order valence-electron chi connectivity index (χ0n) is 8.07. The minimum atomic E-state index is -0.356. The highest BCUT2D eigenvalue weighted by molar-refractivity contribution is 6.32. The summed E-state index contributed by atoms with van der Waals surface area (Å²) >= 11 is 5.82. The number of nitrogens with one attached hydrogen (secondary N) is 1. The molecule has 1 atom stereocenters. The Morgan fingerprint density at radius 2 is 2.43 bits per heavy atom.